The Balaban J connectivity index is 2.11. The summed E-state index contributed by atoms with van der Waals surface area (Å²) >= 11 is 12.0. The van der Waals surface area contributed by atoms with Crippen LogP contribution in [0.4, 0.5) is 0 Å². The number of benzene rings is 1. The van der Waals surface area contributed by atoms with Gasteiger partial charge in [0.15, 0.2) is 5.82 Å². The Hall–Kier alpha value is -1.26. The van der Waals surface area contributed by atoms with E-state index >= 15 is 0 Å². The lowest BCUT2D eigenvalue weighted by molar-refractivity contribution is 0.281. The summed E-state index contributed by atoms with van der Waals surface area (Å²) in [5.74, 6) is 2.24. The lowest BCUT2D eigenvalue weighted by Gasteiger charge is -2.12. The highest BCUT2D eigenvalue weighted by molar-refractivity contribution is 6.32. The van der Waals surface area contributed by atoms with Crippen molar-refractivity contribution in [3.05, 3.63) is 40.9 Å². The number of rotatable bonds is 6. The Bertz CT molecular complexity index is 569. The van der Waals surface area contributed by atoms with E-state index in [9.17, 15) is 0 Å². The molecular weight excluding hydrogens is 297 g/mol. The summed E-state index contributed by atoms with van der Waals surface area (Å²) in [6.45, 7) is 5.39. The van der Waals surface area contributed by atoms with Crippen LogP contribution in [0.25, 0.3) is 0 Å². The van der Waals surface area contributed by atoms with Crippen molar-refractivity contribution < 1.29 is 4.74 Å². The van der Waals surface area contributed by atoms with Crippen LogP contribution in [-0.4, -0.2) is 14.8 Å². The van der Waals surface area contributed by atoms with Gasteiger partial charge in [0, 0.05) is 12.1 Å². The third-order valence-electron chi connectivity index (χ3n) is 2.77. The maximum Gasteiger partial charge on any atom is 0.164 e. The van der Waals surface area contributed by atoms with E-state index < -0.39 is 0 Å². The van der Waals surface area contributed by atoms with Crippen LogP contribution in [0.2, 0.25) is 5.02 Å². The third-order valence-corrected chi connectivity index (χ3v) is 3.36. The number of aromatic nitrogens is 3. The van der Waals surface area contributed by atoms with Gasteiger partial charge in [-0.2, -0.15) is 5.10 Å². The molecule has 0 bridgehead atoms. The molecule has 0 unspecified atom stereocenters. The van der Waals surface area contributed by atoms with Gasteiger partial charge in [-0.3, -0.25) is 0 Å². The van der Waals surface area contributed by atoms with Crippen molar-refractivity contribution in [1.82, 2.24) is 14.8 Å². The van der Waals surface area contributed by atoms with E-state index in [1.54, 1.807) is 6.07 Å². The lowest BCUT2D eigenvalue weighted by Crippen LogP contribution is -2.12. The molecule has 0 N–H and O–H groups in total. The zero-order valence-corrected chi connectivity index (χ0v) is 13.0. The van der Waals surface area contributed by atoms with Gasteiger partial charge in [0.25, 0.3) is 0 Å². The fourth-order valence-electron chi connectivity index (χ4n) is 1.86. The number of alkyl halides is 1. The Labute approximate surface area is 128 Å². The standard InChI is InChI=1S/C14H17Cl2N3O/c1-10(2)7-19-13(17-9-18-19)8-20-14-11(6-15)4-3-5-12(14)16/h3-5,9-10H,6-8H2,1-2H3. The topological polar surface area (TPSA) is 39.9 Å². The van der Waals surface area contributed by atoms with Crippen molar-refractivity contribution in [2.75, 3.05) is 0 Å². The van der Waals surface area contributed by atoms with E-state index in [1.165, 1.54) is 6.33 Å². The highest BCUT2D eigenvalue weighted by Crippen LogP contribution is 2.30. The van der Waals surface area contributed by atoms with Crippen LogP contribution in [0.5, 0.6) is 5.75 Å². The maximum atomic E-state index is 6.15. The Morgan fingerprint density at radius 2 is 2.15 bits per heavy atom. The highest BCUT2D eigenvalue weighted by atomic mass is 35.5. The summed E-state index contributed by atoms with van der Waals surface area (Å²) in [5, 5.41) is 4.75. The van der Waals surface area contributed by atoms with Crippen molar-refractivity contribution in [1.29, 1.82) is 0 Å². The second-order valence-corrected chi connectivity index (χ2v) is 5.58. The molecule has 0 atom stereocenters. The predicted octanol–water partition coefficient (Wildman–Crippen LogP) is 3.91. The first-order chi connectivity index (χ1) is 9.61. The number of nitrogens with zero attached hydrogens (tertiary/aromatic N) is 3. The molecule has 0 amide bonds. The molecule has 108 valence electrons. The zero-order chi connectivity index (χ0) is 14.5. The summed E-state index contributed by atoms with van der Waals surface area (Å²) in [7, 11) is 0. The quantitative estimate of drug-likeness (QED) is 0.759. The Morgan fingerprint density at radius 3 is 2.85 bits per heavy atom. The van der Waals surface area contributed by atoms with E-state index in [0.29, 0.717) is 29.2 Å². The van der Waals surface area contributed by atoms with Gasteiger partial charge in [0.2, 0.25) is 0 Å². The monoisotopic (exact) mass is 313 g/mol. The van der Waals surface area contributed by atoms with Gasteiger partial charge < -0.3 is 4.74 Å². The minimum atomic E-state index is 0.320. The molecule has 2 aromatic rings. The molecule has 0 aliphatic rings. The number of para-hydroxylation sites is 1. The first-order valence-corrected chi connectivity index (χ1v) is 7.36. The number of ether oxygens (including phenoxy) is 1. The average molecular weight is 314 g/mol. The minimum absolute atomic E-state index is 0.320. The van der Waals surface area contributed by atoms with Crippen LogP contribution in [-0.2, 0) is 19.0 Å². The number of hydrogen-bond donors (Lipinski definition) is 0. The van der Waals surface area contributed by atoms with Crippen LogP contribution in [0.3, 0.4) is 0 Å². The van der Waals surface area contributed by atoms with E-state index in [1.807, 2.05) is 16.8 Å². The molecule has 1 aromatic carbocycles. The van der Waals surface area contributed by atoms with Crippen LogP contribution in [0.1, 0.15) is 25.2 Å². The molecule has 0 aliphatic heterocycles. The molecule has 2 rings (SSSR count). The molecule has 0 aliphatic carbocycles. The second kappa shape index (κ2) is 6.95. The highest BCUT2D eigenvalue weighted by Gasteiger charge is 2.11. The molecule has 1 aromatic heterocycles. The third kappa shape index (κ3) is 3.64. The van der Waals surface area contributed by atoms with Crippen molar-refractivity contribution in [3.63, 3.8) is 0 Å². The smallest absolute Gasteiger partial charge is 0.164 e. The van der Waals surface area contributed by atoms with E-state index in [2.05, 4.69) is 23.9 Å². The average Bonchev–Trinajstić information content (AvgIpc) is 2.83. The van der Waals surface area contributed by atoms with Gasteiger partial charge in [-0.15, -0.1) is 11.6 Å². The summed E-state index contributed by atoms with van der Waals surface area (Å²) in [6.07, 6.45) is 1.54. The van der Waals surface area contributed by atoms with E-state index in [4.69, 9.17) is 27.9 Å². The fourth-order valence-corrected chi connectivity index (χ4v) is 2.31. The van der Waals surface area contributed by atoms with E-state index in [0.717, 1.165) is 17.9 Å². The summed E-state index contributed by atoms with van der Waals surface area (Å²) in [5.41, 5.74) is 0.870. The van der Waals surface area contributed by atoms with Gasteiger partial charge >= 0.3 is 0 Å². The van der Waals surface area contributed by atoms with Gasteiger partial charge in [-0.05, 0) is 12.0 Å². The molecule has 20 heavy (non-hydrogen) atoms. The van der Waals surface area contributed by atoms with Crippen LogP contribution in [0, 0.1) is 5.92 Å². The molecule has 1 heterocycles. The molecular formula is C14H17Cl2N3O. The molecule has 4 nitrogen and oxygen atoms in total. The second-order valence-electron chi connectivity index (χ2n) is 4.90. The number of halogens is 2. The summed E-state index contributed by atoms with van der Waals surface area (Å²) in [4.78, 5) is 4.22. The van der Waals surface area contributed by atoms with Crippen LogP contribution < -0.4 is 4.74 Å². The van der Waals surface area contributed by atoms with E-state index in [-0.39, 0.29) is 0 Å². The molecule has 0 saturated carbocycles. The van der Waals surface area contributed by atoms with Gasteiger partial charge in [0.1, 0.15) is 18.7 Å². The van der Waals surface area contributed by atoms with Crippen molar-refractivity contribution in [3.8, 4) is 5.75 Å². The SMILES string of the molecule is CC(C)Cn1ncnc1COc1c(Cl)cccc1CCl. The van der Waals surface area contributed by atoms with Crippen LogP contribution >= 0.6 is 23.2 Å². The lowest BCUT2D eigenvalue weighted by atomic mass is 10.2. The fraction of sp³-hybridized carbons (Fsp3) is 0.429. The van der Waals surface area contributed by atoms with Crippen molar-refractivity contribution >= 4 is 23.2 Å². The molecule has 6 heteroatoms. The van der Waals surface area contributed by atoms with Crippen molar-refractivity contribution in [2.45, 2.75) is 32.9 Å². The first kappa shape index (κ1) is 15.1. The van der Waals surface area contributed by atoms with Gasteiger partial charge in [-0.25, -0.2) is 9.67 Å². The Morgan fingerprint density at radius 1 is 1.35 bits per heavy atom. The molecule has 0 spiro atoms. The van der Waals surface area contributed by atoms with Gasteiger partial charge in [-0.1, -0.05) is 37.6 Å². The minimum Gasteiger partial charge on any atom is -0.484 e. The normalized spacial score (nSPS) is 11.1. The van der Waals surface area contributed by atoms with Gasteiger partial charge in [0.05, 0.1) is 10.9 Å². The zero-order valence-electron chi connectivity index (χ0n) is 11.5. The summed E-state index contributed by atoms with van der Waals surface area (Å²) in [6, 6.07) is 5.53. The first-order valence-electron chi connectivity index (χ1n) is 6.44. The number of hydrogen-bond acceptors (Lipinski definition) is 3. The van der Waals surface area contributed by atoms with Crippen molar-refractivity contribution in [2.24, 2.45) is 5.92 Å². The predicted molar refractivity (Wildman–Crippen MR) is 80.2 cm³/mol. The molecule has 0 radical (unpaired) electrons. The Kier molecular flexibility index (Phi) is 5.26. The molecule has 0 saturated heterocycles. The largest absolute Gasteiger partial charge is 0.484 e. The summed E-state index contributed by atoms with van der Waals surface area (Å²) < 4.78 is 7.63. The van der Waals surface area contributed by atoms with Crippen LogP contribution in [0.15, 0.2) is 24.5 Å². The molecule has 0 fully saturated rings. The maximum absolute atomic E-state index is 6.15.